The van der Waals surface area contributed by atoms with Crippen molar-refractivity contribution in [2.45, 2.75) is 76.7 Å². The van der Waals surface area contributed by atoms with E-state index >= 15 is 0 Å². The van der Waals surface area contributed by atoms with Gasteiger partial charge in [0.2, 0.25) is 5.28 Å². The molecule has 8 heteroatoms. The van der Waals surface area contributed by atoms with Crippen molar-refractivity contribution in [3.63, 3.8) is 0 Å². The number of nitrogens with zero attached hydrogens (tertiary/aromatic N) is 3. The summed E-state index contributed by atoms with van der Waals surface area (Å²) in [6.07, 6.45) is 5.61. The van der Waals surface area contributed by atoms with Gasteiger partial charge in [-0.15, -0.1) is 0 Å². The van der Waals surface area contributed by atoms with Crippen LogP contribution in [0.25, 0.3) is 11.2 Å². The van der Waals surface area contributed by atoms with E-state index in [1.54, 1.807) is 10.8 Å². The summed E-state index contributed by atoms with van der Waals surface area (Å²) < 4.78 is 8.28. The van der Waals surface area contributed by atoms with Gasteiger partial charge in [-0.25, -0.2) is 9.78 Å². The second-order valence-corrected chi connectivity index (χ2v) is 13.6. The molecule has 0 aliphatic heterocycles. The highest BCUT2D eigenvalue weighted by atomic mass is 35.5. The Bertz CT molecular complexity index is 816. The number of nitrogens with one attached hydrogen (secondary N) is 1. The number of aromatic amines is 1. The molecular weight excluding hydrogens is 356 g/mol. The predicted molar refractivity (Wildman–Crippen MR) is 103 cm³/mol. The largest absolute Gasteiger partial charge is 0.414 e. The normalized spacial score (nSPS) is 22.5. The van der Waals surface area contributed by atoms with Gasteiger partial charge in [0.05, 0.1) is 6.20 Å². The first-order chi connectivity index (χ1) is 11.6. The molecule has 2 heterocycles. The number of aromatic nitrogens is 4. The van der Waals surface area contributed by atoms with Crippen LogP contribution in [0.1, 0.15) is 52.5 Å². The van der Waals surface area contributed by atoms with Crippen molar-refractivity contribution in [3.05, 3.63) is 22.0 Å². The Kier molecular flexibility index (Phi) is 4.85. The van der Waals surface area contributed by atoms with Crippen molar-refractivity contribution < 1.29 is 4.43 Å². The summed E-state index contributed by atoms with van der Waals surface area (Å²) in [5, 5.41) is 0.376. The van der Waals surface area contributed by atoms with Crippen LogP contribution in [0.5, 0.6) is 0 Å². The minimum absolute atomic E-state index is 0.131. The molecule has 1 saturated carbocycles. The third-order valence-corrected chi connectivity index (χ3v) is 10.4. The molecule has 0 saturated heterocycles. The first-order valence-corrected chi connectivity index (χ1v) is 12.2. The predicted octanol–water partition coefficient (Wildman–Crippen LogP) is 4.28. The molecule has 1 aliphatic rings. The van der Waals surface area contributed by atoms with Gasteiger partial charge >= 0.3 is 5.69 Å². The number of imidazole rings is 1. The Balaban J connectivity index is 1.74. The molecule has 2 aromatic rings. The van der Waals surface area contributed by atoms with E-state index in [1.807, 2.05) is 0 Å². The summed E-state index contributed by atoms with van der Waals surface area (Å²) in [6, 6.07) is 0.131. The third kappa shape index (κ3) is 3.68. The molecule has 1 aliphatic carbocycles. The van der Waals surface area contributed by atoms with Gasteiger partial charge in [0.25, 0.3) is 0 Å². The van der Waals surface area contributed by atoms with E-state index in [0.29, 0.717) is 11.2 Å². The van der Waals surface area contributed by atoms with Crippen molar-refractivity contribution in [1.29, 1.82) is 0 Å². The zero-order chi connectivity index (χ0) is 18.4. The number of halogens is 1. The minimum atomic E-state index is -1.76. The van der Waals surface area contributed by atoms with Gasteiger partial charge in [0, 0.05) is 12.1 Å². The molecule has 138 valence electrons. The van der Waals surface area contributed by atoms with Crippen LogP contribution in [0.3, 0.4) is 0 Å². The standard InChI is InChI=1S/C17H27ClN4O2Si/c1-17(2,3)25(4,5)24-12-8-6-11(7-9-12)22-14-13(20-16(22)23)10-19-15(18)21-14/h10-12H,6-9H2,1-5H3,(H,20,23). The maximum Gasteiger partial charge on any atom is 0.327 e. The summed E-state index contributed by atoms with van der Waals surface area (Å²) in [6.45, 7) is 11.4. The van der Waals surface area contributed by atoms with Gasteiger partial charge < -0.3 is 9.41 Å². The summed E-state index contributed by atoms with van der Waals surface area (Å²) in [7, 11) is -1.76. The maximum atomic E-state index is 12.4. The van der Waals surface area contributed by atoms with Gasteiger partial charge in [-0.3, -0.25) is 4.57 Å². The van der Waals surface area contributed by atoms with Gasteiger partial charge in [0.15, 0.2) is 14.0 Å². The molecular formula is C17H27ClN4O2Si. The van der Waals surface area contributed by atoms with E-state index in [4.69, 9.17) is 16.0 Å². The Labute approximate surface area is 154 Å². The number of hydrogen-bond donors (Lipinski definition) is 1. The first kappa shape index (κ1) is 18.6. The van der Waals surface area contributed by atoms with Crippen molar-refractivity contribution in [3.8, 4) is 0 Å². The van der Waals surface area contributed by atoms with Crippen LogP contribution in [0, 0.1) is 0 Å². The van der Waals surface area contributed by atoms with Gasteiger partial charge in [-0.2, -0.15) is 4.98 Å². The van der Waals surface area contributed by atoms with Crippen molar-refractivity contribution in [1.82, 2.24) is 19.5 Å². The molecule has 0 amide bonds. The van der Waals surface area contributed by atoms with Gasteiger partial charge in [-0.05, 0) is 55.4 Å². The fourth-order valence-electron chi connectivity index (χ4n) is 3.25. The molecule has 6 nitrogen and oxygen atoms in total. The Morgan fingerprint density at radius 2 is 1.92 bits per heavy atom. The van der Waals surface area contributed by atoms with Crippen molar-refractivity contribution in [2.24, 2.45) is 0 Å². The Morgan fingerprint density at radius 3 is 2.52 bits per heavy atom. The SMILES string of the molecule is CC(C)(C)[Si](C)(C)OC1CCC(n2c(=O)[nH]c3cnc(Cl)nc32)CC1. The smallest absolute Gasteiger partial charge is 0.327 e. The molecule has 0 spiro atoms. The monoisotopic (exact) mass is 382 g/mol. The summed E-state index contributed by atoms with van der Waals surface area (Å²) in [5.41, 5.74) is 1.09. The fraction of sp³-hybridized carbons (Fsp3) is 0.706. The summed E-state index contributed by atoms with van der Waals surface area (Å²) in [4.78, 5) is 23.4. The molecule has 0 aromatic carbocycles. The number of rotatable bonds is 3. The molecule has 1 fully saturated rings. The molecule has 2 aromatic heterocycles. The van der Waals surface area contributed by atoms with Gasteiger partial charge in [-0.1, -0.05) is 20.8 Å². The average molecular weight is 383 g/mol. The van der Waals surface area contributed by atoms with Crippen molar-refractivity contribution in [2.75, 3.05) is 0 Å². The lowest BCUT2D eigenvalue weighted by atomic mass is 9.93. The number of hydrogen-bond acceptors (Lipinski definition) is 4. The highest BCUT2D eigenvalue weighted by Crippen LogP contribution is 2.40. The molecule has 1 N–H and O–H groups in total. The molecule has 0 atom stereocenters. The topological polar surface area (TPSA) is 72.8 Å². The molecule has 0 radical (unpaired) electrons. The van der Waals surface area contributed by atoms with Crippen LogP contribution < -0.4 is 5.69 Å². The second kappa shape index (κ2) is 6.52. The van der Waals surface area contributed by atoms with Crippen LogP contribution in [-0.4, -0.2) is 33.9 Å². The highest BCUT2D eigenvalue weighted by molar-refractivity contribution is 6.74. The van der Waals surface area contributed by atoms with Gasteiger partial charge in [0.1, 0.15) is 5.52 Å². The maximum absolute atomic E-state index is 12.4. The Hall–Kier alpha value is -1.18. The van der Waals surface area contributed by atoms with E-state index in [2.05, 4.69) is 48.8 Å². The average Bonchev–Trinajstić information content (AvgIpc) is 2.82. The lowest BCUT2D eigenvalue weighted by Crippen LogP contribution is -2.45. The molecule has 0 unspecified atom stereocenters. The molecule has 0 bridgehead atoms. The lowest BCUT2D eigenvalue weighted by Gasteiger charge is -2.41. The van der Waals surface area contributed by atoms with Crippen LogP contribution >= 0.6 is 11.6 Å². The third-order valence-electron chi connectivity index (χ3n) is 5.70. The molecule has 3 rings (SSSR count). The summed E-state index contributed by atoms with van der Waals surface area (Å²) >= 11 is 5.91. The van der Waals surface area contributed by atoms with Crippen LogP contribution in [0.15, 0.2) is 11.0 Å². The molecule has 25 heavy (non-hydrogen) atoms. The minimum Gasteiger partial charge on any atom is -0.414 e. The van der Waals surface area contributed by atoms with E-state index in [-0.39, 0.29) is 28.2 Å². The fourth-order valence-corrected chi connectivity index (χ4v) is 4.80. The van der Waals surface area contributed by atoms with Crippen molar-refractivity contribution >= 4 is 31.1 Å². The van der Waals surface area contributed by atoms with Crippen LogP contribution in [-0.2, 0) is 4.43 Å². The quantitative estimate of drug-likeness (QED) is 0.635. The van der Waals surface area contributed by atoms with Crippen LogP contribution in [0.4, 0.5) is 0 Å². The zero-order valence-electron chi connectivity index (χ0n) is 15.6. The first-order valence-electron chi connectivity index (χ1n) is 8.89. The van der Waals surface area contributed by atoms with E-state index in [0.717, 1.165) is 25.7 Å². The second-order valence-electron chi connectivity index (χ2n) is 8.49. The summed E-state index contributed by atoms with van der Waals surface area (Å²) in [5.74, 6) is 0. The highest BCUT2D eigenvalue weighted by Gasteiger charge is 2.40. The lowest BCUT2D eigenvalue weighted by molar-refractivity contribution is 0.118. The number of fused-ring (bicyclic) bond motifs is 1. The van der Waals surface area contributed by atoms with E-state index in [1.165, 1.54) is 0 Å². The van der Waals surface area contributed by atoms with Crippen LogP contribution in [0.2, 0.25) is 23.4 Å². The Morgan fingerprint density at radius 1 is 1.28 bits per heavy atom. The zero-order valence-corrected chi connectivity index (χ0v) is 17.4. The number of H-pyrrole nitrogens is 1. The van der Waals surface area contributed by atoms with E-state index < -0.39 is 8.32 Å². The van der Waals surface area contributed by atoms with E-state index in [9.17, 15) is 4.79 Å².